The lowest BCUT2D eigenvalue weighted by atomic mass is 9.96. The molecule has 1 aromatic carbocycles. The first-order chi connectivity index (χ1) is 6.10. The van der Waals surface area contributed by atoms with E-state index in [1.165, 1.54) is 6.08 Å². The molecule has 0 fully saturated rings. The van der Waals surface area contributed by atoms with E-state index in [1.807, 2.05) is 18.2 Å². The van der Waals surface area contributed by atoms with Crippen LogP contribution in [-0.2, 0) is 5.60 Å². The first-order valence-corrected chi connectivity index (χ1v) is 4.10. The monoisotopic (exact) mass is 178 g/mol. The Kier molecular flexibility index (Phi) is 2.73. The van der Waals surface area contributed by atoms with E-state index in [0.29, 0.717) is 0 Å². The van der Waals surface area contributed by atoms with Gasteiger partial charge in [0.2, 0.25) is 0 Å². The topological polar surface area (TPSA) is 29.5 Å². The Bertz CT molecular complexity index is 303. The Morgan fingerprint density at radius 1 is 1.54 bits per heavy atom. The Balaban J connectivity index is 3.08. The molecule has 0 saturated heterocycles. The van der Waals surface area contributed by atoms with Gasteiger partial charge in [-0.3, -0.25) is 0 Å². The molecule has 1 rings (SSSR count). The second kappa shape index (κ2) is 3.62. The smallest absolute Gasteiger partial charge is 0.119 e. The van der Waals surface area contributed by atoms with Gasteiger partial charge in [0.05, 0.1) is 7.11 Å². The van der Waals surface area contributed by atoms with Gasteiger partial charge in [0, 0.05) is 0 Å². The van der Waals surface area contributed by atoms with Gasteiger partial charge in [-0.1, -0.05) is 24.8 Å². The van der Waals surface area contributed by atoms with Crippen molar-refractivity contribution in [3.8, 4) is 5.75 Å². The number of methoxy groups -OCH3 is 1. The SMILES string of the molecule is C=CC(C)(O)c1cccc(OC)c1. The predicted molar refractivity (Wildman–Crippen MR) is 52.8 cm³/mol. The molecule has 0 aliphatic rings. The van der Waals surface area contributed by atoms with Crippen LogP contribution in [0.4, 0.5) is 0 Å². The fourth-order valence-corrected chi connectivity index (χ4v) is 1.06. The minimum Gasteiger partial charge on any atom is -0.497 e. The van der Waals surface area contributed by atoms with E-state index < -0.39 is 5.60 Å². The van der Waals surface area contributed by atoms with Crippen LogP contribution >= 0.6 is 0 Å². The van der Waals surface area contributed by atoms with Crippen molar-refractivity contribution < 1.29 is 9.84 Å². The maximum Gasteiger partial charge on any atom is 0.119 e. The Hall–Kier alpha value is -1.28. The molecule has 2 nitrogen and oxygen atoms in total. The van der Waals surface area contributed by atoms with Gasteiger partial charge in [0.1, 0.15) is 11.4 Å². The van der Waals surface area contributed by atoms with Crippen LogP contribution in [0.2, 0.25) is 0 Å². The maximum atomic E-state index is 9.84. The van der Waals surface area contributed by atoms with Gasteiger partial charge in [-0.15, -0.1) is 0 Å². The molecule has 0 spiro atoms. The van der Waals surface area contributed by atoms with E-state index in [4.69, 9.17) is 4.74 Å². The lowest BCUT2D eigenvalue weighted by Crippen LogP contribution is -2.16. The molecular formula is C11H14O2. The van der Waals surface area contributed by atoms with Crippen LogP contribution in [0.15, 0.2) is 36.9 Å². The molecule has 0 aliphatic carbocycles. The summed E-state index contributed by atoms with van der Waals surface area (Å²) in [5, 5.41) is 9.84. The average Bonchev–Trinajstić information content (AvgIpc) is 2.18. The van der Waals surface area contributed by atoms with E-state index in [1.54, 1.807) is 20.1 Å². The predicted octanol–water partition coefficient (Wildman–Crippen LogP) is 2.09. The minimum atomic E-state index is -0.992. The van der Waals surface area contributed by atoms with Crippen LogP contribution in [0.1, 0.15) is 12.5 Å². The largest absolute Gasteiger partial charge is 0.497 e. The van der Waals surface area contributed by atoms with Crippen molar-refractivity contribution in [2.45, 2.75) is 12.5 Å². The lowest BCUT2D eigenvalue weighted by molar-refractivity contribution is 0.111. The maximum absolute atomic E-state index is 9.84. The van der Waals surface area contributed by atoms with Crippen LogP contribution in [0.3, 0.4) is 0 Å². The van der Waals surface area contributed by atoms with Gasteiger partial charge in [0.25, 0.3) is 0 Å². The van der Waals surface area contributed by atoms with Gasteiger partial charge in [0.15, 0.2) is 0 Å². The summed E-state index contributed by atoms with van der Waals surface area (Å²) in [6, 6.07) is 7.31. The molecule has 1 N–H and O–H groups in total. The molecule has 13 heavy (non-hydrogen) atoms. The molecule has 2 heteroatoms. The zero-order valence-electron chi connectivity index (χ0n) is 7.95. The molecule has 1 unspecified atom stereocenters. The van der Waals surface area contributed by atoms with Crippen LogP contribution in [0.5, 0.6) is 5.75 Å². The van der Waals surface area contributed by atoms with E-state index >= 15 is 0 Å². The number of hydrogen-bond acceptors (Lipinski definition) is 2. The molecule has 0 saturated carbocycles. The van der Waals surface area contributed by atoms with Crippen molar-refractivity contribution in [1.29, 1.82) is 0 Å². The van der Waals surface area contributed by atoms with Crippen LogP contribution < -0.4 is 4.74 Å². The number of benzene rings is 1. The van der Waals surface area contributed by atoms with Gasteiger partial charge in [-0.05, 0) is 24.6 Å². The molecule has 0 radical (unpaired) electrons. The summed E-state index contributed by atoms with van der Waals surface area (Å²) in [5.41, 5.74) is -0.212. The lowest BCUT2D eigenvalue weighted by Gasteiger charge is -2.19. The van der Waals surface area contributed by atoms with E-state index in [9.17, 15) is 5.11 Å². The zero-order chi connectivity index (χ0) is 9.90. The van der Waals surface area contributed by atoms with Gasteiger partial charge in [-0.25, -0.2) is 0 Å². The second-order valence-corrected chi connectivity index (χ2v) is 3.08. The highest BCUT2D eigenvalue weighted by Gasteiger charge is 2.18. The molecule has 0 heterocycles. The van der Waals surface area contributed by atoms with Crippen LogP contribution in [0.25, 0.3) is 0 Å². The molecule has 70 valence electrons. The van der Waals surface area contributed by atoms with Crippen molar-refractivity contribution in [2.75, 3.05) is 7.11 Å². The highest BCUT2D eigenvalue weighted by atomic mass is 16.5. The number of rotatable bonds is 3. The van der Waals surface area contributed by atoms with Gasteiger partial charge in [-0.2, -0.15) is 0 Å². The van der Waals surface area contributed by atoms with E-state index in [2.05, 4.69) is 6.58 Å². The third-order valence-electron chi connectivity index (χ3n) is 2.05. The Morgan fingerprint density at radius 2 is 2.23 bits per heavy atom. The molecule has 0 aromatic heterocycles. The van der Waals surface area contributed by atoms with Crippen LogP contribution in [0, 0.1) is 0 Å². The summed E-state index contributed by atoms with van der Waals surface area (Å²) in [6.45, 7) is 5.26. The molecule has 1 atom stereocenters. The Morgan fingerprint density at radius 3 is 2.77 bits per heavy atom. The fourth-order valence-electron chi connectivity index (χ4n) is 1.06. The standard InChI is InChI=1S/C11H14O2/c1-4-11(2,12)9-6-5-7-10(8-9)13-3/h4-8,12H,1H2,2-3H3. The average molecular weight is 178 g/mol. The van der Waals surface area contributed by atoms with Crippen molar-refractivity contribution in [1.82, 2.24) is 0 Å². The minimum absolute atomic E-state index is 0.736. The molecule has 0 amide bonds. The highest BCUT2D eigenvalue weighted by molar-refractivity contribution is 5.33. The molecule has 0 bridgehead atoms. The zero-order valence-corrected chi connectivity index (χ0v) is 7.95. The van der Waals surface area contributed by atoms with Crippen molar-refractivity contribution in [3.05, 3.63) is 42.5 Å². The molecule has 0 aliphatic heterocycles. The summed E-state index contributed by atoms with van der Waals surface area (Å²) in [7, 11) is 1.60. The summed E-state index contributed by atoms with van der Waals surface area (Å²) in [5.74, 6) is 0.736. The third kappa shape index (κ3) is 2.10. The quantitative estimate of drug-likeness (QED) is 0.718. The number of aliphatic hydroxyl groups is 1. The Labute approximate surface area is 78.5 Å². The van der Waals surface area contributed by atoms with Crippen LogP contribution in [-0.4, -0.2) is 12.2 Å². The number of hydrogen-bond donors (Lipinski definition) is 1. The number of ether oxygens (including phenoxy) is 1. The molecule has 1 aromatic rings. The summed E-state index contributed by atoms with van der Waals surface area (Å²) < 4.78 is 5.05. The summed E-state index contributed by atoms with van der Waals surface area (Å²) in [6.07, 6.45) is 1.50. The third-order valence-corrected chi connectivity index (χ3v) is 2.05. The van der Waals surface area contributed by atoms with Crippen molar-refractivity contribution in [3.63, 3.8) is 0 Å². The first-order valence-electron chi connectivity index (χ1n) is 4.10. The van der Waals surface area contributed by atoms with Crippen molar-refractivity contribution >= 4 is 0 Å². The van der Waals surface area contributed by atoms with Crippen molar-refractivity contribution in [2.24, 2.45) is 0 Å². The normalized spacial score (nSPS) is 14.7. The highest BCUT2D eigenvalue weighted by Crippen LogP contribution is 2.24. The fraction of sp³-hybridized carbons (Fsp3) is 0.273. The summed E-state index contributed by atoms with van der Waals surface area (Å²) in [4.78, 5) is 0. The summed E-state index contributed by atoms with van der Waals surface area (Å²) >= 11 is 0. The molecular weight excluding hydrogens is 164 g/mol. The van der Waals surface area contributed by atoms with E-state index in [-0.39, 0.29) is 0 Å². The van der Waals surface area contributed by atoms with Gasteiger partial charge >= 0.3 is 0 Å². The second-order valence-electron chi connectivity index (χ2n) is 3.08. The first kappa shape index (κ1) is 9.81. The van der Waals surface area contributed by atoms with E-state index in [0.717, 1.165) is 11.3 Å². The van der Waals surface area contributed by atoms with Gasteiger partial charge < -0.3 is 9.84 Å².